The fourth-order valence-electron chi connectivity index (χ4n) is 2.82. The van der Waals surface area contributed by atoms with E-state index >= 15 is 0 Å². The van der Waals surface area contributed by atoms with Crippen LogP contribution in [0.5, 0.6) is 5.75 Å². The van der Waals surface area contributed by atoms with Gasteiger partial charge in [0.1, 0.15) is 35.5 Å². The highest BCUT2D eigenvalue weighted by atomic mass is 32.1. The number of carbonyl (C=O) groups is 1. The van der Waals surface area contributed by atoms with Crippen LogP contribution in [0, 0.1) is 17.5 Å². The van der Waals surface area contributed by atoms with Gasteiger partial charge in [0.05, 0.1) is 28.9 Å². The number of hydrogen-bond donors (Lipinski definition) is 1. The van der Waals surface area contributed by atoms with Crippen molar-refractivity contribution in [2.75, 3.05) is 26.9 Å². The third kappa shape index (κ3) is 3.99. The molecule has 0 bridgehead atoms. The van der Waals surface area contributed by atoms with Crippen LogP contribution in [0.1, 0.15) is 17.4 Å². The normalized spacial score (nSPS) is 11.1. The van der Waals surface area contributed by atoms with Gasteiger partial charge >= 0.3 is 5.97 Å². The number of fused-ring (bicyclic) bond motifs is 1. The molecule has 0 unspecified atom stereocenters. The molecule has 1 aromatic carbocycles. The van der Waals surface area contributed by atoms with E-state index in [-0.39, 0.29) is 52.5 Å². The van der Waals surface area contributed by atoms with E-state index in [1.54, 1.807) is 6.92 Å². The highest BCUT2D eigenvalue weighted by molar-refractivity contribution is 7.17. The molecule has 6 nitrogen and oxygen atoms in total. The van der Waals surface area contributed by atoms with Gasteiger partial charge in [-0.3, -0.25) is 4.79 Å². The number of thiophene rings is 1. The molecule has 1 N–H and O–H groups in total. The summed E-state index contributed by atoms with van der Waals surface area (Å²) in [6.07, 6.45) is 0. The molecule has 0 saturated carbocycles. The molecule has 0 atom stereocenters. The first-order valence-electron chi connectivity index (χ1n) is 8.50. The van der Waals surface area contributed by atoms with Crippen LogP contribution in [0.15, 0.2) is 22.3 Å². The van der Waals surface area contributed by atoms with Crippen molar-refractivity contribution in [1.82, 2.24) is 4.98 Å². The zero-order valence-electron chi connectivity index (χ0n) is 15.4. The molecule has 0 spiro atoms. The first kappa shape index (κ1) is 20.9. The first-order chi connectivity index (χ1) is 13.9. The van der Waals surface area contributed by atoms with Gasteiger partial charge in [-0.1, -0.05) is 0 Å². The molecule has 0 saturated heterocycles. The van der Waals surface area contributed by atoms with Crippen molar-refractivity contribution in [2.24, 2.45) is 0 Å². The quantitative estimate of drug-likeness (QED) is 0.458. The van der Waals surface area contributed by atoms with Crippen molar-refractivity contribution in [3.05, 3.63) is 51.0 Å². The van der Waals surface area contributed by atoms with Crippen LogP contribution in [0.25, 0.3) is 21.2 Å². The summed E-state index contributed by atoms with van der Waals surface area (Å²) in [5, 5.41) is 0.718. The van der Waals surface area contributed by atoms with E-state index in [1.807, 2.05) is 0 Å². The van der Waals surface area contributed by atoms with Gasteiger partial charge in [-0.05, 0) is 6.92 Å². The molecule has 0 fully saturated rings. The summed E-state index contributed by atoms with van der Waals surface area (Å²) in [6.45, 7) is 1.64. The molecule has 2 aromatic heterocycles. The number of ether oxygens (including phenoxy) is 3. The van der Waals surface area contributed by atoms with E-state index in [0.717, 1.165) is 22.8 Å². The minimum absolute atomic E-state index is 0.0106. The lowest BCUT2D eigenvalue weighted by Gasteiger charge is -2.16. The molecule has 10 heteroatoms. The topological polar surface area (TPSA) is 77.6 Å². The van der Waals surface area contributed by atoms with Gasteiger partial charge < -0.3 is 19.2 Å². The summed E-state index contributed by atoms with van der Waals surface area (Å²) in [7, 11) is 1.43. The highest BCUT2D eigenvalue weighted by Crippen LogP contribution is 2.41. The second-order valence-corrected chi connectivity index (χ2v) is 6.69. The van der Waals surface area contributed by atoms with Gasteiger partial charge in [-0.25, -0.2) is 18.0 Å². The van der Waals surface area contributed by atoms with Crippen LogP contribution < -0.4 is 10.3 Å². The van der Waals surface area contributed by atoms with Gasteiger partial charge in [-0.2, -0.15) is 0 Å². The standard InChI is InChI=1S/C19H16F3NO5S/c1-3-27-19(25)16-15(17-14(18(24)23-16)11(22)8-29-17)13-10(21)6-9(20)7-12(13)28-5-4-26-2/h6-8H,3-5H2,1-2H3,(H,23,24). The van der Waals surface area contributed by atoms with Crippen LogP contribution in [-0.4, -0.2) is 37.9 Å². The minimum atomic E-state index is -1.05. The third-order valence-corrected chi connectivity index (χ3v) is 4.95. The highest BCUT2D eigenvalue weighted by Gasteiger charge is 2.27. The number of nitrogens with one attached hydrogen (secondary N) is 1. The van der Waals surface area contributed by atoms with Crippen LogP contribution in [0.2, 0.25) is 0 Å². The number of pyridine rings is 1. The second-order valence-electron chi connectivity index (χ2n) is 5.81. The monoisotopic (exact) mass is 427 g/mol. The Morgan fingerprint density at radius 1 is 1.14 bits per heavy atom. The fraction of sp³-hybridized carbons (Fsp3) is 0.263. The molecule has 29 heavy (non-hydrogen) atoms. The Balaban J connectivity index is 2.37. The van der Waals surface area contributed by atoms with Crippen molar-refractivity contribution >= 4 is 27.4 Å². The lowest BCUT2D eigenvalue weighted by atomic mass is 10.0. The second kappa shape index (κ2) is 8.66. The van der Waals surface area contributed by atoms with Crippen molar-refractivity contribution < 1.29 is 32.2 Å². The predicted molar refractivity (Wildman–Crippen MR) is 101 cm³/mol. The molecule has 0 aliphatic carbocycles. The van der Waals surface area contributed by atoms with Crippen molar-refractivity contribution in [3.8, 4) is 16.9 Å². The van der Waals surface area contributed by atoms with E-state index in [9.17, 15) is 22.8 Å². The van der Waals surface area contributed by atoms with Gasteiger partial charge in [0.25, 0.3) is 5.56 Å². The largest absolute Gasteiger partial charge is 0.490 e. The van der Waals surface area contributed by atoms with E-state index in [2.05, 4.69) is 4.98 Å². The Labute approximate surface area is 166 Å². The predicted octanol–water partition coefficient (Wildman–Crippen LogP) is 3.88. The Kier molecular flexibility index (Phi) is 6.23. The summed E-state index contributed by atoms with van der Waals surface area (Å²) >= 11 is 0.806. The number of carbonyl (C=O) groups excluding carboxylic acids is 1. The Bertz CT molecular complexity index is 1130. The number of methoxy groups -OCH3 is 1. The Hall–Kier alpha value is -2.85. The maximum atomic E-state index is 14.9. The first-order valence-corrected chi connectivity index (χ1v) is 9.38. The number of rotatable bonds is 7. The van der Waals surface area contributed by atoms with Crippen molar-refractivity contribution in [3.63, 3.8) is 0 Å². The average molecular weight is 427 g/mol. The number of hydrogen-bond acceptors (Lipinski definition) is 6. The van der Waals surface area contributed by atoms with Crippen LogP contribution in [0.4, 0.5) is 13.2 Å². The molecule has 0 aliphatic heterocycles. The minimum Gasteiger partial charge on any atom is -0.490 e. The molecule has 2 heterocycles. The summed E-state index contributed by atoms with van der Waals surface area (Å²) < 4.78 is 58.2. The molecule has 3 aromatic rings. The van der Waals surface area contributed by atoms with Gasteiger partial charge in [0.2, 0.25) is 0 Å². The third-order valence-electron chi connectivity index (χ3n) is 3.98. The molecule has 3 rings (SSSR count). The number of aromatic amines is 1. The SMILES string of the molecule is CCOC(=O)c1[nH]c(=O)c2c(F)csc2c1-c1c(F)cc(F)cc1OCCOC. The Morgan fingerprint density at radius 2 is 1.90 bits per heavy atom. The number of esters is 1. The van der Waals surface area contributed by atoms with E-state index in [4.69, 9.17) is 14.2 Å². The fourth-order valence-corrected chi connectivity index (χ4v) is 3.79. The maximum Gasteiger partial charge on any atom is 0.355 e. The lowest BCUT2D eigenvalue weighted by Crippen LogP contribution is -2.18. The van der Waals surface area contributed by atoms with Gasteiger partial charge in [0.15, 0.2) is 0 Å². The van der Waals surface area contributed by atoms with Crippen molar-refractivity contribution in [2.45, 2.75) is 6.92 Å². The number of benzene rings is 1. The molecule has 0 radical (unpaired) electrons. The average Bonchev–Trinajstić information content (AvgIpc) is 3.05. The zero-order valence-corrected chi connectivity index (χ0v) is 16.3. The van der Waals surface area contributed by atoms with E-state index in [1.165, 1.54) is 7.11 Å². The molecule has 0 aliphatic rings. The van der Waals surface area contributed by atoms with E-state index < -0.39 is 29.0 Å². The molecule has 154 valence electrons. The van der Waals surface area contributed by atoms with Crippen molar-refractivity contribution in [1.29, 1.82) is 0 Å². The van der Waals surface area contributed by atoms with E-state index in [0.29, 0.717) is 6.07 Å². The van der Waals surface area contributed by atoms with Gasteiger partial charge in [0, 0.05) is 30.2 Å². The van der Waals surface area contributed by atoms with Gasteiger partial charge in [-0.15, -0.1) is 11.3 Å². The summed E-state index contributed by atoms with van der Waals surface area (Å²) in [5.74, 6) is -3.96. The lowest BCUT2D eigenvalue weighted by molar-refractivity contribution is 0.0520. The summed E-state index contributed by atoms with van der Waals surface area (Å²) in [5.41, 5.74) is -1.69. The molecular formula is C19H16F3NO5S. The number of halogens is 3. The van der Waals surface area contributed by atoms with Crippen LogP contribution in [-0.2, 0) is 9.47 Å². The molecular weight excluding hydrogens is 411 g/mol. The smallest absolute Gasteiger partial charge is 0.355 e. The maximum absolute atomic E-state index is 14.9. The zero-order chi connectivity index (χ0) is 21.1. The summed E-state index contributed by atoms with van der Waals surface area (Å²) in [4.78, 5) is 27.0. The number of H-pyrrole nitrogens is 1. The molecule has 0 amide bonds. The number of aromatic nitrogens is 1. The van der Waals surface area contributed by atoms with Crippen LogP contribution >= 0.6 is 11.3 Å². The van der Waals surface area contributed by atoms with Crippen LogP contribution in [0.3, 0.4) is 0 Å². The Morgan fingerprint density at radius 3 is 2.59 bits per heavy atom. The summed E-state index contributed by atoms with van der Waals surface area (Å²) in [6, 6.07) is 1.54.